The SMILES string of the molecule is CC(=O)Nc1ccc(S[C@H](C)C(=O)c2cc(C)c(C)cc2C)cc1. The van der Waals surface area contributed by atoms with E-state index in [0.717, 1.165) is 27.3 Å². The summed E-state index contributed by atoms with van der Waals surface area (Å²) in [5.41, 5.74) is 4.93. The van der Waals surface area contributed by atoms with Crippen molar-refractivity contribution in [3.63, 3.8) is 0 Å². The first-order valence-corrected chi connectivity index (χ1v) is 8.82. The Morgan fingerprint density at radius 3 is 2.12 bits per heavy atom. The maximum atomic E-state index is 12.8. The van der Waals surface area contributed by atoms with Crippen LogP contribution in [0.25, 0.3) is 0 Å². The molecule has 126 valence electrons. The zero-order valence-electron chi connectivity index (χ0n) is 14.8. The second-order valence-corrected chi connectivity index (χ2v) is 7.50. The molecule has 3 nitrogen and oxygen atoms in total. The lowest BCUT2D eigenvalue weighted by Crippen LogP contribution is -2.15. The van der Waals surface area contributed by atoms with Gasteiger partial charge in [-0.15, -0.1) is 11.8 Å². The average Bonchev–Trinajstić information content (AvgIpc) is 2.51. The van der Waals surface area contributed by atoms with Crippen LogP contribution in [0, 0.1) is 20.8 Å². The van der Waals surface area contributed by atoms with E-state index in [2.05, 4.69) is 18.3 Å². The summed E-state index contributed by atoms with van der Waals surface area (Å²) in [6.07, 6.45) is 0. The molecule has 4 heteroatoms. The van der Waals surface area contributed by atoms with Crippen LogP contribution in [0.5, 0.6) is 0 Å². The molecule has 0 spiro atoms. The predicted octanol–water partition coefficient (Wildman–Crippen LogP) is 4.93. The molecule has 0 unspecified atom stereocenters. The van der Waals surface area contributed by atoms with Crippen LogP contribution in [-0.4, -0.2) is 16.9 Å². The zero-order valence-corrected chi connectivity index (χ0v) is 15.6. The molecule has 0 radical (unpaired) electrons. The minimum absolute atomic E-state index is 0.0934. The molecule has 0 bridgehead atoms. The van der Waals surface area contributed by atoms with Gasteiger partial charge in [0.05, 0.1) is 5.25 Å². The number of nitrogens with one attached hydrogen (secondary N) is 1. The van der Waals surface area contributed by atoms with Crippen molar-refractivity contribution in [2.75, 3.05) is 5.32 Å². The first-order chi connectivity index (χ1) is 11.3. The Kier molecular flexibility index (Phi) is 5.84. The van der Waals surface area contributed by atoms with Gasteiger partial charge in [0.2, 0.25) is 5.91 Å². The first kappa shape index (κ1) is 18.3. The van der Waals surface area contributed by atoms with Gasteiger partial charge in [-0.05, 0) is 74.7 Å². The van der Waals surface area contributed by atoms with Gasteiger partial charge >= 0.3 is 0 Å². The van der Waals surface area contributed by atoms with Gasteiger partial charge in [0.15, 0.2) is 5.78 Å². The molecular weight excluding hydrogens is 318 g/mol. The molecule has 2 aromatic rings. The number of hydrogen-bond acceptors (Lipinski definition) is 3. The highest BCUT2D eigenvalue weighted by molar-refractivity contribution is 8.00. The first-order valence-electron chi connectivity index (χ1n) is 7.94. The van der Waals surface area contributed by atoms with E-state index in [1.165, 1.54) is 24.2 Å². The number of anilines is 1. The third-order valence-electron chi connectivity index (χ3n) is 3.96. The van der Waals surface area contributed by atoms with Crippen LogP contribution >= 0.6 is 11.8 Å². The number of carbonyl (C=O) groups excluding carboxylic acids is 2. The van der Waals surface area contributed by atoms with E-state index >= 15 is 0 Å². The Hall–Kier alpha value is -2.07. The molecule has 24 heavy (non-hydrogen) atoms. The number of aryl methyl sites for hydroxylation is 3. The topological polar surface area (TPSA) is 46.2 Å². The van der Waals surface area contributed by atoms with Crippen LogP contribution in [-0.2, 0) is 4.79 Å². The van der Waals surface area contributed by atoms with Gasteiger partial charge in [-0.2, -0.15) is 0 Å². The van der Waals surface area contributed by atoms with Gasteiger partial charge < -0.3 is 5.32 Å². The van der Waals surface area contributed by atoms with Crippen molar-refractivity contribution in [3.05, 3.63) is 58.7 Å². The quantitative estimate of drug-likeness (QED) is 0.619. The smallest absolute Gasteiger partial charge is 0.221 e. The van der Waals surface area contributed by atoms with Crippen molar-refractivity contribution >= 4 is 29.1 Å². The number of carbonyl (C=O) groups is 2. The Balaban J connectivity index is 2.11. The van der Waals surface area contributed by atoms with Crippen LogP contribution in [0.3, 0.4) is 0 Å². The number of benzene rings is 2. The van der Waals surface area contributed by atoms with E-state index in [0.29, 0.717) is 0 Å². The van der Waals surface area contributed by atoms with E-state index < -0.39 is 0 Å². The number of ketones is 1. The van der Waals surface area contributed by atoms with Gasteiger partial charge in [-0.3, -0.25) is 9.59 Å². The van der Waals surface area contributed by atoms with Crippen LogP contribution in [0.2, 0.25) is 0 Å². The van der Waals surface area contributed by atoms with E-state index in [1.807, 2.05) is 51.1 Å². The zero-order chi connectivity index (χ0) is 17.9. The molecule has 0 aliphatic heterocycles. The molecule has 0 saturated heterocycles. The van der Waals surface area contributed by atoms with Crippen LogP contribution in [0.15, 0.2) is 41.3 Å². The van der Waals surface area contributed by atoms with Gasteiger partial charge in [-0.1, -0.05) is 6.07 Å². The number of thioether (sulfide) groups is 1. The molecule has 0 aliphatic carbocycles. The summed E-state index contributed by atoms with van der Waals surface area (Å²) in [7, 11) is 0. The number of amides is 1. The average molecular weight is 341 g/mol. The van der Waals surface area contributed by atoms with Crippen molar-refractivity contribution in [2.45, 2.75) is 44.8 Å². The summed E-state index contributed by atoms with van der Waals surface area (Å²) in [5.74, 6) is 0.0516. The van der Waals surface area contributed by atoms with E-state index in [9.17, 15) is 9.59 Å². The van der Waals surface area contributed by atoms with Gasteiger partial charge in [0, 0.05) is 23.1 Å². The molecule has 0 heterocycles. The molecule has 1 amide bonds. The van der Waals surface area contributed by atoms with E-state index in [-0.39, 0.29) is 16.9 Å². The third kappa shape index (κ3) is 4.48. The molecule has 0 aromatic heterocycles. The Morgan fingerprint density at radius 1 is 0.958 bits per heavy atom. The van der Waals surface area contributed by atoms with Crippen molar-refractivity contribution in [1.29, 1.82) is 0 Å². The Morgan fingerprint density at radius 2 is 1.54 bits per heavy atom. The highest BCUT2D eigenvalue weighted by atomic mass is 32.2. The van der Waals surface area contributed by atoms with Crippen LogP contribution in [0.1, 0.15) is 40.9 Å². The maximum absolute atomic E-state index is 12.8. The molecule has 1 N–H and O–H groups in total. The second-order valence-electron chi connectivity index (χ2n) is 6.08. The summed E-state index contributed by atoms with van der Waals surface area (Å²) >= 11 is 1.53. The molecular formula is C20H23NO2S. The lowest BCUT2D eigenvalue weighted by atomic mass is 9.97. The molecule has 2 rings (SSSR count). The van der Waals surface area contributed by atoms with E-state index in [1.54, 1.807) is 0 Å². The molecule has 0 aliphatic rings. The van der Waals surface area contributed by atoms with Crippen molar-refractivity contribution < 1.29 is 9.59 Å². The lowest BCUT2D eigenvalue weighted by Gasteiger charge is -2.14. The fourth-order valence-corrected chi connectivity index (χ4v) is 3.46. The second kappa shape index (κ2) is 7.67. The molecule has 1 atom stereocenters. The fraction of sp³-hybridized carbons (Fsp3) is 0.300. The predicted molar refractivity (Wildman–Crippen MR) is 101 cm³/mol. The van der Waals surface area contributed by atoms with Crippen molar-refractivity contribution in [2.24, 2.45) is 0 Å². The minimum atomic E-state index is -0.169. The summed E-state index contributed by atoms with van der Waals surface area (Å²) in [4.78, 5) is 24.8. The van der Waals surface area contributed by atoms with Gasteiger partial charge in [0.25, 0.3) is 0 Å². The van der Waals surface area contributed by atoms with Crippen LogP contribution < -0.4 is 5.32 Å². The van der Waals surface area contributed by atoms with Gasteiger partial charge in [-0.25, -0.2) is 0 Å². The monoisotopic (exact) mass is 341 g/mol. The number of Topliss-reactive ketones (excluding diaryl/α,β-unsaturated/α-hetero) is 1. The van der Waals surface area contributed by atoms with E-state index in [4.69, 9.17) is 0 Å². The normalized spacial score (nSPS) is 11.9. The molecule has 0 saturated carbocycles. The summed E-state index contributed by atoms with van der Waals surface area (Å²) in [6.45, 7) is 9.49. The molecule has 2 aromatic carbocycles. The van der Waals surface area contributed by atoms with Crippen molar-refractivity contribution in [1.82, 2.24) is 0 Å². The molecule has 0 fully saturated rings. The fourth-order valence-electron chi connectivity index (χ4n) is 2.52. The largest absolute Gasteiger partial charge is 0.326 e. The maximum Gasteiger partial charge on any atom is 0.221 e. The highest BCUT2D eigenvalue weighted by Gasteiger charge is 2.19. The summed E-state index contributed by atoms with van der Waals surface area (Å²) in [6, 6.07) is 11.6. The van der Waals surface area contributed by atoms with Gasteiger partial charge in [0.1, 0.15) is 0 Å². The highest BCUT2D eigenvalue weighted by Crippen LogP contribution is 2.28. The minimum Gasteiger partial charge on any atom is -0.326 e. The number of hydrogen-bond donors (Lipinski definition) is 1. The van der Waals surface area contributed by atoms with Crippen molar-refractivity contribution in [3.8, 4) is 0 Å². The standard InChI is InChI=1S/C20H23NO2S/c1-12-10-14(3)19(11-13(12)2)20(23)15(4)24-18-8-6-17(7-9-18)21-16(5)22/h6-11,15H,1-5H3,(H,21,22)/t15-/m1/s1. The number of rotatable bonds is 5. The van der Waals surface area contributed by atoms with Crippen LogP contribution in [0.4, 0.5) is 5.69 Å². The Bertz CT molecular complexity index is 766. The summed E-state index contributed by atoms with van der Waals surface area (Å²) in [5, 5.41) is 2.57. The lowest BCUT2D eigenvalue weighted by molar-refractivity contribution is -0.114. The summed E-state index contributed by atoms with van der Waals surface area (Å²) < 4.78 is 0. The Labute approximate surface area is 147 Å². The third-order valence-corrected chi connectivity index (χ3v) is 5.07.